The normalized spacial score (nSPS) is 9.61. The molecule has 0 unspecified atom stereocenters. The molecule has 0 heterocycles. The Balaban J connectivity index is 0.00000131. The third kappa shape index (κ3) is 5.65. The van der Waals surface area contributed by atoms with E-state index >= 15 is 0 Å². The molecule has 0 bridgehead atoms. The molecule has 0 aliphatic carbocycles. The molecule has 4 aromatic carbocycles. The van der Waals surface area contributed by atoms with Crippen LogP contribution in [-0.4, -0.2) is 0 Å². The summed E-state index contributed by atoms with van der Waals surface area (Å²) in [6, 6.07) is 41.2. The van der Waals surface area contributed by atoms with Gasteiger partial charge in [-0.25, -0.2) is 0 Å². The van der Waals surface area contributed by atoms with E-state index in [1.54, 1.807) is 0 Å². The number of hydrogen-bond donors (Lipinski definition) is 0. The maximum atomic E-state index is 2.29. The second-order valence-electron chi connectivity index (χ2n) is 5.89. The standard InChI is InChI=1S/C24H19P.2BrH.Ni/c1-4-12-20(13-5-1)23-18-10-11-19-24(23)25(21-14-6-2-7-15-21)22-16-8-3-9-17-22;;;/h1-19H;2*1H;/q;;;+2/p-2. The molecule has 0 N–H and O–H groups in total. The Labute approximate surface area is 199 Å². The number of benzene rings is 4. The molecule has 0 radical (unpaired) electrons. The van der Waals surface area contributed by atoms with E-state index in [2.05, 4.69) is 115 Å². The molecule has 0 aliphatic rings. The summed E-state index contributed by atoms with van der Waals surface area (Å²) in [6.45, 7) is 0. The third-order valence-electron chi connectivity index (χ3n) is 4.26. The van der Waals surface area contributed by atoms with Crippen molar-refractivity contribution in [2.75, 3.05) is 0 Å². The number of rotatable bonds is 4. The van der Waals surface area contributed by atoms with Gasteiger partial charge in [-0.2, -0.15) is 0 Å². The molecular weight excluding hydrogens is 538 g/mol. The summed E-state index contributed by atoms with van der Waals surface area (Å²) >= 11 is 0. The molecule has 4 rings (SSSR count). The second-order valence-corrected chi connectivity index (χ2v) is 8.08. The van der Waals surface area contributed by atoms with Gasteiger partial charge in [0.2, 0.25) is 0 Å². The van der Waals surface area contributed by atoms with Gasteiger partial charge in [0.15, 0.2) is 0 Å². The van der Waals surface area contributed by atoms with Gasteiger partial charge in [-0.05, 0) is 35.0 Å². The molecule has 0 aromatic heterocycles. The summed E-state index contributed by atoms with van der Waals surface area (Å²) in [7, 11) is -0.590. The van der Waals surface area contributed by atoms with Gasteiger partial charge in [0.25, 0.3) is 0 Å². The molecule has 0 nitrogen and oxygen atoms in total. The van der Waals surface area contributed by atoms with E-state index in [4.69, 9.17) is 0 Å². The first kappa shape index (κ1) is 24.8. The van der Waals surface area contributed by atoms with E-state index in [0.29, 0.717) is 0 Å². The van der Waals surface area contributed by atoms with Crippen LogP contribution in [0.25, 0.3) is 11.1 Å². The Morgan fingerprint density at radius 2 is 0.821 bits per heavy atom. The van der Waals surface area contributed by atoms with Gasteiger partial charge in [-0.3, -0.25) is 0 Å². The fraction of sp³-hybridized carbons (Fsp3) is 0. The summed E-state index contributed by atoms with van der Waals surface area (Å²) in [6.07, 6.45) is 0. The predicted octanol–water partition coefficient (Wildman–Crippen LogP) is -0.883. The van der Waals surface area contributed by atoms with Crippen LogP contribution in [0.4, 0.5) is 0 Å². The Hall–Kier alpha value is -1.24. The monoisotopic (exact) mass is 554 g/mol. The van der Waals surface area contributed by atoms with Crippen LogP contribution in [0.1, 0.15) is 0 Å². The molecule has 0 saturated heterocycles. The molecule has 28 heavy (non-hydrogen) atoms. The first-order valence-corrected chi connectivity index (χ1v) is 9.82. The Morgan fingerprint density at radius 1 is 0.429 bits per heavy atom. The van der Waals surface area contributed by atoms with Crippen LogP contribution < -0.4 is 49.9 Å². The summed E-state index contributed by atoms with van der Waals surface area (Å²) < 4.78 is 0. The quantitative estimate of drug-likeness (QED) is 0.226. The van der Waals surface area contributed by atoms with Crippen molar-refractivity contribution in [3.63, 3.8) is 0 Å². The minimum Gasteiger partial charge on any atom is -1.00 e. The van der Waals surface area contributed by atoms with Crippen LogP contribution in [0, 0.1) is 0 Å². The van der Waals surface area contributed by atoms with Crippen molar-refractivity contribution >= 4 is 23.8 Å². The van der Waals surface area contributed by atoms with Gasteiger partial charge >= 0.3 is 16.5 Å². The van der Waals surface area contributed by atoms with Crippen LogP contribution in [0.15, 0.2) is 115 Å². The topological polar surface area (TPSA) is 0 Å². The van der Waals surface area contributed by atoms with Gasteiger partial charge in [0.1, 0.15) is 0 Å². The van der Waals surface area contributed by atoms with Gasteiger partial charge in [-0.1, -0.05) is 115 Å². The molecule has 4 heteroatoms. The average Bonchev–Trinajstić information content (AvgIpc) is 2.71. The molecule has 0 atom stereocenters. The van der Waals surface area contributed by atoms with Crippen molar-refractivity contribution < 1.29 is 50.5 Å². The SMILES string of the molecule is [Br-].[Br-].[Ni+2].c1ccc(-c2ccccc2P(c2ccccc2)c2ccccc2)cc1. The zero-order chi connectivity index (χ0) is 16.9. The maximum absolute atomic E-state index is 2.29. The van der Waals surface area contributed by atoms with Crippen molar-refractivity contribution in [1.82, 2.24) is 0 Å². The fourth-order valence-electron chi connectivity index (χ4n) is 3.11. The second kappa shape index (κ2) is 12.4. The minimum absolute atomic E-state index is 0. The maximum Gasteiger partial charge on any atom is 2.00 e. The van der Waals surface area contributed by atoms with E-state index in [9.17, 15) is 0 Å². The van der Waals surface area contributed by atoms with E-state index < -0.39 is 7.92 Å². The fourth-order valence-corrected chi connectivity index (χ4v) is 5.59. The number of hydrogen-bond acceptors (Lipinski definition) is 0. The van der Waals surface area contributed by atoms with E-state index in [-0.39, 0.29) is 50.5 Å². The average molecular weight is 557 g/mol. The van der Waals surface area contributed by atoms with E-state index in [0.717, 1.165) is 0 Å². The summed E-state index contributed by atoms with van der Waals surface area (Å²) in [5, 5.41) is 4.17. The van der Waals surface area contributed by atoms with Gasteiger partial charge in [0, 0.05) is 0 Å². The van der Waals surface area contributed by atoms with Crippen LogP contribution in [-0.2, 0) is 16.5 Å². The van der Waals surface area contributed by atoms with Gasteiger partial charge in [0.05, 0.1) is 0 Å². The van der Waals surface area contributed by atoms with Crippen molar-refractivity contribution in [1.29, 1.82) is 0 Å². The Morgan fingerprint density at radius 3 is 1.32 bits per heavy atom. The summed E-state index contributed by atoms with van der Waals surface area (Å²) in [4.78, 5) is 0. The zero-order valence-corrected chi connectivity index (χ0v) is 20.0. The molecule has 0 fully saturated rings. The minimum atomic E-state index is -0.590. The van der Waals surface area contributed by atoms with Gasteiger partial charge in [-0.15, -0.1) is 0 Å². The van der Waals surface area contributed by atoms with Crippen molar-refractivity contribution in [2.45, 2.75) is 0 Å². The van der Waals surface area contributed by atoms with Crippen LogP contribution in [0.2, 0.25) is 0 Å². The van der Waals surface area contributed by atoms with E-state index in [1.807, 2.05) is 0 Å². The van der Waals surface area contributed by atoms with Crippen LogP contribution in [0.3, 0.4) is 0 Å². The van der Waals surface area contributed by atoms with Crippen molar-refractivity contribution in [2.24, 2.45) is 0 Å². The predicted molar refractivity (Wildman–Crippen MR) is 111 cm³/mol. The first-order valence-electron chi connectivity index (χ1n) is 8.48. The zero-order valence-electron chi connectivity index (χ0n) is 15.0. The van der Waals surface area contributed by atoms with E-state index in [1.165, 1.54) is 27.0 Å². The Kier molecular flexibility index (Phi) is 10.9. The molecule has 0 amide bonds. The molecule has 144 valence electrons. The largest absolute Gasteiger partial charge is 2.00 e. The molecule has 0 saturated carbocycles. The van der Waals surface area contributed by atoms with Crippen molar-refractivity contribution in [3.05, 3.63) is 115 Å². The van der Waals surface area contributed by atoms with Crippen molar-refractivity contribution in [3.8, 4) is 11.1 Å². The number of halogens is 2. The molecule has 4 aromatic rings. The summed E-state index contributed by atoms with van der Waals surface area (Å²) in [5.74, 6) is 0. The molecule has 0 aliphatic heterocycles. The first-order chi connectivity index (χ1) is 12.4. The van der Waals surface area contributed by atoms with Crippen LogP contribution in [0.5, 0.6) is 0 Å². The Bertz CT molecular complexity index is 908. The van der Waals surface area contributed by atoms with Gasteiger partial charge < -0.3 is 34.0 Å². The molecule has 0 spiro atoms. The molecular formula is C24H19Br2NiP. The summed E-state index contributed by atoms with van der Waals surface area (Å²) in [5.41, 5.74) is 2.60. The van der Waals surface area contributed by atoms with Crippen LogP contribution >= 0.6 is 7.92 Å². The smallest absolute Gasteiger partial charge is 1.00 e. The third-order valence-corrected chi connectivity index (χ3v) is 6.76.